The fraction of sp³-hybridized carbons (Fsp3) is 0.429. The van der Waals surface area contributed by atoms with Crippen LogP contribution < -0.4 is 5.32 Å². The second-order valence-corrected chi connectivity index (χ2v) is 10.0. The second-order valence-electron chi connectivity index (χ2n) is 7.13. The molecule has 1 aromatic carbocycles. The van der Waals surface area contributed by atoms with Crippen LogP contribution in [-0.2, 0) is 28.3 Å². The van der Waals surface area contributed by atoms with Crippen LogP contribution in [0.5, 0.6) is 0 Å². The van der Waals surface area contributed by atoms with Gasteiger partial charge in [0, 0.05) is 37.9 Å². The van der Waals surface area contributed by atoms with E-state index in [1.54, 1.807) is 29.5 Å². The van der Waals surface area contributed by atoms with Gasteiger partial charge < -0.3 is 9.88 Å². The fourth-order valence-corrected chi connectivity index (χ4v) is 5.69. The van der Waals surface area contributed by atoms with Crippen molar-refractivity contribution in [1.82, 2.24) is 19.2 Å². The number of carbonyl (C=O) groups excluding carboxylic acids is 1. The molecule has 30 heavy (non-hydrogen) atoms. The Labute approximate surface area is 181 Å². The van der Waals surface area contributed by atoms with Crippen molar-refractivity contribution in [3.63, 3.8) is 0 Å². The minimum absolute atomic E-state index is 0.0224. The summed E-state index contributed by atoms with van der Waals surface area (Å²) in [7, 11) is -1.65. The van der Waals surface area contributed by atoms with E-state index < -0.39 is 10.0 Å². The minimum atomic E-state index is -3.54. The van der Waals surface area contributed by atoms with Crippen LogP contribution in [-0.4, -0.2) is 41.3 Å². The molecule has 0 aliphatic carbocycles. The van der Waals surface area contributed by atoms with E-state index in [9.17, 15) is 13.2 Å². The number of hydrogen-bond acceptors (Lipinski definition) is 5. The summed E-state index contributed by atoms with van der Waals surface area (Å²) in [6, 6.07) is 8.97. The zero-order valence-electron chi connectivity index (χ0n) is 17.8. The van der Waals surface area contributed by atoms with Gasteiger partial charge in [0.05, 0.1) is 22.0 Å². The Hall–Kier alpha value is -2.23. The van der Waals surface area contributed by atoms with Crippen LogP contribution >= 0.6 is 11.3 Å². The highest BCUT2D eigenvalue weighted by molar-refractivity contribution is 7.89. The summed E-state index contributed by atoms with van der Waals surface area (Å²) in [6.07, 6.45) is 0.795. The highest BCUT2D eigenvalue weighted by Gasteiger charge is 2.23. The van der Waals surface area contributed by atoms with E-state index in [-0.39, 0.29) is 16.8 Å². The van der Waals surface area contributed by atoms with E-state index in [2.05, 4.69) is 10.3 Å². The maximum Gasteiger partial charge on any atom is 0.243 e. The molecule has 162 valence electrons. The number of imidazole rings is 1. The monoisotopic (exact) mass is 448 g/mol. The molecule has 3 rings (SSSR count). The standard InChI is InChI=1S/C21H28N4O3S2/c1-5-25(6-2)30(27,28)16-9-10-18-17(14-16)23-20(24(18)4)11-12-21(26)22-15(3)19-8-7-13-29-19/h7-10,13-15H,5-6,11-12H2,1-4H3,(H,22,26). The summed E-state index contributed by atoms with van der Waals surface area (Å²) >= 11 is 1.62. The number of benzene rings is 1. The number of aryl methyl sites for hydroxylation is 2. The molecule has 0 spiro atoms. The fourth-order valence-electron chi connectivity index (χ4n) is 3.47. The van der Waals surface area contributed by atoms with E-state index in [1.807, 2.05) is 49.9 Å². The molecule has 2 heterocycles. The molecule has 1 amide bonds. The third-order valence-corrected chi connectivity index (χ3v) is 8.31. The Bertz CT molecular complexity index is 1120. The topological polar surface area (TPSA) is 84.3 Å². The van der Waals surface area contributed by atoms with E-state index in [0.29, 0.717) is 31.4 Å². The summed E-state index contributed by atoms with van der Waals surface area (Å²) in [5, 5.41) is 5.00. The number of rotatable bonds is 9. The number of amides is 1. The van der Waals surface area contributed by atoms with Gasteiger partial charge in [0.15, 0.2) is 0 Å². The van der Waals surface area contributed by atoms with E-state index >= 15 is 0 Å². The Balaban J connectivity index is 1.74. The number of aromatic nitrogens is 2. The van der Waals surface area contributed by atoms with E-state index in [1.165, 1.54) is 4.31 Å². The summed E-state index contributed by atoms with van der Waals surface area (Å²) in [5.74, 6) is 0.717. The molecular weight excluding hydrogens is 420 g/mol. The number of thiophene rings is 1. The van der Waals surface area contributed by atoms with Gasteiger partial charge in [-0.2, -0.15) is 4.31 Å². The molecule has 0 fully saturated rings. The zero-order valence-corrected chi connectivity index (χ0v) is 19.4. The second kappa shape index (κ2) is 9.28. The zero-order chi connectivity index (χ0) is 21.9. The molecule has 2 aromatic heterocycles. The molecule has 1 atom stereocenters. The molecule has 0 bridgehead atoms. The van der Waals surface area contributed by atoms with Gasteiger partial charge in [-0.1, -0.05) is 19.9 Å². The predicted octanol–water partition coefficient (Wildman–Crippen LogP) is 3.48. The van der Waals surface area contributed by atoms with Gasteiger partial charge in [-0.15, -0.1) is 11.3 Å². The van der Waals surface area contributed by atoms with Crippen molar-refractivity contribution in [2.24, 2.45) is 7.05 Å². The molecule has 9 heteroatoms. The maximum atomic E-state index is 12.8. The highest BCUT2D eigenvalue weighted by atomic mass is 32.2. The van der Waals surface area contributed by atoms with Crippen LogP contribution in [0.25, 0.3) is 11.0 Å². The van der Waals surface area contributed by atoms with Crippen LogP contribution in [0, 0.1) is 0 Å². The summed E-state index contributed by atoms with van der Waals surface area (Å²) < 4.78 is 28.9. The van der Waals surface area contributed by atoms with Crippen molar-refractivity contribution >= 4 is 38.3 Å². The van der Waals surface area contributed by atoms with Crippen molar-refractivity contribution in [3.8, 4) is 0 Å². The first kappa shape index (κ1) is 22.5. The minimum Gasteiger partial charge on any atom is -0.349 e. The summed E-state index contributed by atoms with van der Waals surface area (Å²) in [6.45, 7) is 6.45. The summed E-state index contributed by atoms with van der Waals surface area (Å²) in [4.78, 5) is 18.3. The maximum absolute atomic E-state index is 12.8. The molecule has 1 unspecified atom stereocenters. The van der Waals surface area contributed by atoms with Gasteiger partial charge in [-0.25, -0.2) is 13.4 Å². The Kier molecular flexibility index (Phi) is 6.95. The first-order valence-electron chi connectivity index (χ1n) is 10.1. The summed E-state index contributed by atoms with van der Waals surface area (Å²) in [5.41, 5.74) is 1.46. The number of nitrogens with one attached hydrogen (secondary N) is 1. The third kappa shape index (κ3) is 4.58. The van der Waals surface area contributed by atoms with Crippen LogP contribution in [0.4, 0.5) is 0 Å². The van der Waals surface area contributed by atoms with Gasteiger partial charge in [-0.3, -0.25) is 4.79 Å². The number of sulfonamides is 1. The largest absolute Gasteiger partial charge is 0.349 e. The molecule has 0 saturated heterocycles. The van der Waals surface area contributed by atoms with Crippen molar-refractivity contribution in [3.05, 3.63) is 46.4 Å². The molecule has 7 nitrogen and oxygen atoms in total. The lowest BCUT2D eigenvalue weighted by molar-refractivity contribution is -0.121. The van der Waals surface area contributed by atoms with Crippen molar-refractivity contribution in [1.29, 1.82) is 0 Å². The van der Waals surface area contributed by atoms with E-state index in [0.717, 1.165) is 16.2 Å². The van der Waals surface area contributed by atoms with E-state index in [4.69, 9.17) is 0 Å². The Morgan fingerprint density at radius 1 is 1.27 bits per heavy atom. The van der Waals surface area contributed by atoms with Crippen molar-refractivity contribution < 1.29 is 13.2 Å². The molecule has 0 aliphatic rings. The molecule has 0 radical (unpaired) electrons. The number of carbonyl (C=O) groups is 1. The predicted molar refractivity (Wildman–Crippen MR) is 120 cm³/mol. The smallest absolute Gasteiger partial charge is 0.243 e. The average molecular weight is 449 g/mol. The highest BCUT2D eigenvalue weighted by Crippen LogP contribution is 2.23. The van der Waals surface area contributed by atoms with Crippen molar-refractivity contribution in [2.75, 3.05) is 13.1 Å². The van der Waals surface area contributed by atoms with Gasteiger partial charge >= 0.3 is 0 Å². The van der Waals surface area contributed by atoms with Crippen LogP contribution in [0.2, 0.25) is 0 Å². The molecule has 1 N–H and O–H groups in total. The number of nitrogens with zero attached hydrogens (tertiary/aromatic N) is 3. The molecular formula is C21H28N4O3S2. The van der Waals surface area contributed by atoms with Crippen LogP contribution in [0.15, 0.2) is 40.6 Å². The third-order valence-electron chi connectivity index (χ3n) is 5.21. The first-order chi connectivity index (χ1) is 14.3. The Morgan fingerprint density at radius 3 is 2.63 bits per heavy atom. The number of fused-ring (bicyclic) bond motifs is 1. The van der Waals surface area contributed by atoms with Gasteiger partial charge in [-0.05, 0) is 36.6 Å². The lowest BCUT2D eigenvalue weighted by Gasteiger charge is -2.18. The van der Waals surface area contributed by atoms with Gasteiger partial charge in [0.25, 0.3) is 0 Å². The van der Waals surface area contributed by atoms with Crippen LogP contribution in [0.1, 0.15) is 43.9 Å². The van der Waals surface area contributed by atoms with Gasteiger partial charge in [0.1, 0.15) is 5.82 Å². The first-order valence-corrected chi connectivity index (χ1v) is 12.4. The average Bonchev–Trinajstić information content (AvgIpc) is 3.35. The molecule has 3 aromatic rings. The SMILES string of the molecule is CCN(CC)S(=O)(=O)c1ccc2c(c1)nc(CCC(=O)NC(C)c1cccs1)n2C. The van der Waals surface area contributed by atoms with Crippen LogP contribution in [0.3, 0.4) is 0 Å². The molecule has 0 saturated carbocycles. The Morgan fingerprint density at radius 2 is 2.00 bits per heavy atom. The number of hydrogen-bond donors (Lipinski definition) is 1. The normalized spacial score (nSPS) is 13.1. The quantitative estimate of drug-likeness (QED) is 0.543. The van der Waals surface area contributed by atoms with Gasteiger partial charge in [0.2, 0.25) is 15.9 Å². The van der Waals surface area contributed by atoms with Crippen molar-refractivity contribution in [2.45, 2.75) is 44.6 Å². The lowest BCUT2D eigenvalue weighted by atomic mass is 10.2. The lowest BCUT2D eigenvalue weighted by Crippen LogP contribution is -2.30. The molecule has 0 aliphatic heterocycles.